The second-order valence-electron chi connectivity index (χ2n) is 8.83. The molecule has 3 rings (SSSR count). The monoisotopic (exact) mass is 477 g/mol. The highest BCUT2D eigenvalue weighted by molar-refractivity contribution is 5.99. The van der Waals surface area contributed by atoms with Gasteiger partial charge in [0, 0.05) is 23.2 Å². The van der Waals surface area contributed by atoms with Crippen LogP contribution in [0.1, 0.15) is 43.2 Å². The highest BCUT2D eigenvalue weighted by atomic mass is 19.3. The molecule has 2 unspecified atom stereocenters. The van der Waals surface area contributed by atoms with E-state index in [9.17, 15) is 18.0 Å². The first kappa shape index (κ1) is 25.3. The average molecular weight is 478 g/mol. The Labute approximate surface area is 195 Å². The Kier molecular flexibility index (Phi) is 7.65. The number of rotatable bonds is 10. The zero-order chi connectivity index (χ0) is 25.2. The summed E-state index contributed by atoms with van der Waals surface area (Å²) in [6.45, 7) is 7.08. The molecular formula is C23H30F3N7O. The molecule has 0 aliphatic rings. The van der Waals surface area contributed by atoms with Crippen molar-refractivity contribution in [3.8, 4) is 0 Å². The first-order valence-electron chi connectivity index (χ1n) is 11.0. The fourth-order valence-corrected chi connectivity index (χ4v) is 3.79. The lowest BCUT2D eigenvalue weighted by atomic mass is 9.99. The van der Waals surface area contributed by atoms with E-state index < -0.39 is 24.7 Å². The van der Waals surface area contributed by atoms with Gasteiger partial charge in [-0.3, -0.25) is 9.48 Å². The number of nitrogens with two attached hydrogens (primary N) is 2. The van der Waals surface area contributed by atoms with Gasteiger partial charge in [0.05, 0.1) is 16.8 Å². The number of aryl methyl sites for hydroxylation is 1. The molecule has 0 fully saturated rings. The van der Waals surface area contributed by atoms with Gasteiger partial charge >= 0.3 is 0 Å². The number of nitrogens with zero attached hydrogens (tertiary/aromatic N) is 3. The summed E-state index contributed by atoms with van der Waals surface area (Å²) in [6, 6.07) is 5.49. The van der Waals surface area contributed by atoms with Crippen molar-refractivity contribution in [1.29, 1.82) is 0 Å². The van der Waals surface area contributed by atoms with E-state index in [1.54, 1.807) is 25.1 Å². The van der Waals surface area contributed by atoms with Crippen LogP contribution in [-0.2, 0) is 6.54 Å². The Morgan fingerprint density at radius 3 is 2.47 bits per heavy atom. The molecule has 1 aromatic carbocycles. The summed E-state index contributed by atoms with van der Waals surface area (Å²) in [6.07, 6.45) is -1.85. The predicted molar refractivity (Wildman–Crippen MR) is 127 cm³/mol. The fourth-order valence-electron chi connectivity index (χ4n) is 3.79. The van der Waals surface area contributed by atoms with Crippen LogP contribution >= 0.6 is 0 Å². The molecule has 2 heterocycles. The van der Waals surface area contributed by atoms with Crippen molar-refractivity contribution < 1.29 is 18.0 Å². The minimum absolute atomic E-state index is 0.0568. The van der Waals surface area contributed by atoms with Gasteiger partial charge in [0.2, 0.25) is 0 Å². The van der Waals surface area contributed by atoms with E-state index >= 15 is 0 Å². The predicted octanol–water partition coefficient (Wildman–Crippen LogP) is 4.16. The molecule has 0 aliphatic heterocycles. The highest BCUT2D eigenvalue weighted by Crippen LogP contribution is 2.28. The standard InChI is InChI=1S/C23H30F3N7O/c1-11(2)7-18(12(3)27)30-23-17(24)9-16(21(28)34)22(31-23)29-14-5-6-19-15(8-14)13(4)32-33(19)10-20(25)26/h5-6,8-9,11-12,18,20H,7,10,27H2,1-4H3,(H2,28,34)(H2,29,30,31). The van der Waals surface area contributed by atoms with E-state index in [0.717, 1.165) is 6.07 Å². The lowest BCUT2D eigenvalue weighted by Crippen LogP contribution is -2.39. The van der Waals surface area contributed by atoms with Crippen LogP contribution in [0.25, 0.3) is 10.9 Å². The number of primary amides is 1. The number of anilines is 3. The third-order valence-corrected chi connectivity index (χ3v) is 5.43. The fraction of sp³-hybridized carbons (Fsp3) is 0.435. The molecule has 11 heteroatoms. The summed E-state index contributed by atoms with van der Waals surface area (Å²) in [5, 5.41) is 10.9. The van der Waals surface area contributed by atoms with E-state index in [0.29, 0.717) is 34.6 Å². The quantitative estimate of drug-likeness (QED) is 0.348. The second-order valence-corrected chi connectivity index (χ2v) is 8.83. The van der Waals surface area contributed by atoms with E-state index in [4.69, 9.17) is 11.5 Å². The SMILES string of the molecule is Cc1nn(CC(F)F)c2ccc(Nc3nc(NC(CC(C)C)C(C)N)c(F)cc3C(N)=O)cc12. The number of alkyl halides is 2. The number of fused-ring (bicyclic) bond motifs is 1. The summed E-state index contributed by atoms with van der Waals surface area (Å²) < 4.78 is 41.7. The largest absolute Gasteiger partial charge is 0.365 e. The van der Waals surface area contributed by atoms with Crippen LogP contribution in [0.15, 0.2) is 24.3 Å². The van der Waals surface area contributed by atoms with Crippen LogP contribution in [0.4, 0.5) is 30.5 Å². The molecule has 3 aromatic rings. The Bertz CT molecular complexity index is 1180. The topological polar surface area (TPSA) is 124 Å². The molecule has 0 aliphatic carbocycles. The zero-order valence-electron chi connectivity index (χ0n) is 19.6. The number of pyridine rings is 1. The van der Waals surface area contributed by atoms with Crippen LogP contribution < -0.4 is 22.1 Å². The van der Waals surface area contributed by atoms with Crippen molar-refractivity contribution in [2.75, 3.05) is 10.6 Å². The maximum Gasteiger partial charge on any atom is 0.257 e. The van der Waals surface area contributed by atoms with Crippen LogP contribution in [0.5, 0.6) is 0 Å². The number of hydrogen-bond acceptors (Lipinski definition) is 6. The van der Waals surface area contributed by atoms with Crippen molar-refractivity contribution in [2.24, 2.45) is 17.4 Å². The number of carbonyl (C=O) groups is 1. The van der Waals surface area contributed by atoms with Gasteiger partial charge < -0.3 is 22.1 Å². The lowest BCUT2D eigenvalue weighted by Gasteiger charge is -2.25. The van der Waals surface area contributed by atoms with Crippen molar-refractivity contribution in [1.82, 2.24) is 14.8 Å². The first-order chi connectivity index (χ1) is 16.0. The summed E-state index contributed by atoms with van der Waals surface area (Å²) in [4.78, 5) is 16.3. The van der Waals surface area contributed by atoms with Crippen molar-refractivity contribution in [2.45, 2.75) is 59.2 Å². The number of nitrogens with one attached hydrogen (secondary N) is 2. The molecule has 2 aromatic heterocycles. The third-order valence-electron chi connectivity index (χ3n) is 5.43. The van der Waals surface area contributed by atoms with E-state index in [1.165, 1.54) is 4.68 Å². The normalized spacial score (nSPS) is 13.5. The molecule has 0 bridgehead atoms. The molecule has 34 heavy (non-hydrogen) atoms. The summed E-state index contributed by atoms with van der Waals surface area (Å²) >= 11 is 0. The lowest BCUT2D eigenvalue weighted by molar-refractivity contribution is 0.1000. The van der Waals surface area contributed by atoms with Crippen molar-refractivity contribution in [3.63, 3.8) is 0 Å². The molecule has 184 valence electrons. The minimum atomic E-state index is -2.54. The van der Waals surface area contributed by atoms with Crippen LogP contribution in [0.2, 0.25) is 0 Å². The van der Waals surface area contributed by atoms with Gasteiger partial charge in [-0.1, -0.05) is 13.8 Å². The Balaban J connectivity index is 1.98. The number of amides is 1. The Hall–Kier alpha value is -3.34. The molecule has 6 N–H and O–H groups in total. The van der Waals surface area contributed by atoms with Crippen LogP contribution in [0.3, 0.4) is 0 Å². The van der Waals surface area contributed by atoms with E-state index in [2.05, 4.69) is 20.7 Å². The summed E-state index contributed by atoms with van der Waals surface area (Å²) in [5.41, 5.74) is 13.0. The maximum absolute atomic E-state index is 14.8. The second kappa shape index (κ2) is 10.3. The first-order valence-corrected chi connectivity index (χ1v) is 11.0. The van der Waals surface area contributed by atoms with Crippen molar-refractivity contribution >= 4 is 34.1 Å². The molecule has 1 amide bonds. The molecule has 8 nitrogen and oxygen atoms in total. The molecule has 0 spiro atoms. The van der Waals surface area contributed by atoms with Gasteiger partial charge in [0.15, 0.2) is 11.6 Å². The van der Waals surface area contributed by atoms with Crippen molar-refractivity contribution in [3.05, 3.63) is 41.3 Å². The summed E-state index contributed by atoms with van der Waals surface area (Å²) in [5.74, 6) is -1.27. The van der Waals surface area contributed by atoms with Gasteiger partial charge in [-0.25, -0.2) is 18.2 Å². The van der Waals surface area contributed by atoms with Gasteiger partial charge in [-0.05, 0) is 50.5 Å². The van der Waals surface area contributed by atoms with Gasteiger partial charge in [-0.15, -0.1) is 0 Å². The van der Waals surface area contributed by atoms with Crippen LogP contribution in [0, 0.1) is 18.7 Å². The average Bonchev–Trinajstić information content (AvgIpc) is 3.03. The highest BCUT2D eigenvalue weighted by Gasteiger charge is 2.21. The van der Waals surface area contributed by atoms with Gasteiger partial charge in [0.1, 0.15) is 12.4 Å². The summed E-state index contributed by atoms with van der Waals surface area (Å²) in [7, 11) is 0. The van der Waals surface area contributed by atoms with Gasteiger partial charge in [0.25, 0.3) is 12.3 Å². The molecule has 2 atom stereocenters. The van der Waals surface area contributed by atoms with Crippen LogP contribution in [-0.4, -0.2) is 39.2 Å². The third kappa shape index (κ3) is 5.77. The van der Waals surface area contributed by atoms with Gasteiger partial charge in [-0.2, -0.15) is 5.10 Å². The molecule has 0 radical (unpaired) electrons. The Morgan fingerprint density at radius 2 is 1.88 bits per heavy atom. The Morgan fingerprint density at radius 1 is 1.18 bits per heavy atom. The minimum Gasteiger partial charge on any atom is -0.365 e. The maximum atomic E-state index is 14.8. The number of aromatic nitrogens is 3. The molecule has 0 saturated heterocycles. The zero-order valence-corrected chi connectivity index (χ0v) is 19.6. The number of hydrogen-bond donors (Lipinski definition) is 4. The molecule has 0 saturated carbocycles. The number of halogens is 3. The number of benzene rings is 1. The van der Waals surface area contributed by atoms with E-state index in [-0.39, 0.29) is 29.3 Å². The molecular weight excluding hydrogens is 447 g/mol. The van der Waals surface area contributed by atoms with E-state index in [1.807, 2.05) is 20.8 Å². The smallest absolute Gasteiger partial charge is 0.257 e. The number of carbonyl (C=O) groups excluding carboxylic acids is 1.